The van der Waals surface area contributed by atoms with E-state index in [9.17, 15) is 0 Å². The van der Waals surface area contributed by atoms with Crippen molar-refractivity contribution in [2.45, 2.75) is 33.1 Å². The average molecular weight is 432 g/mol. The number of pyridine rings is 1. The minimum atomic E-state index is 0.00835. The number of hydrogen-bond donors (Lipinski definition) is 0. The summed E-state index contributed by atoms with van der Waals surface area (Å²) in [7, 11) is 0. The molecule has 0 bridgehead atoms. The molecule has 6 rings (SSSR count). The van der Waals surface area contributed by atoms with E-state index in [-0.39, 0.29) is 5.41 Å². The molecular formula is C30H25NO2. The van der Waals surface area contributed by atoms with Crippen molar-refractivity contribution in [1.29, 1.82) is 0 Å². The number of rotatable bonds is 2. The minimum Gasteiger partial charge on any atom is -0.464 e. The summed E-state index contributed by atoms with van der Waals surface area (Å²) in [5, 5.41) is 4.66. The number of hydrogen-bond acceptors (Lipinski definition) is 3. The number of aryl methyl sites for hydroxylation is 1. The summed E-state index contributed by atoms with van der Waals surface area (Å²) >= 11 is 0. The van der Waals surface area contributed by atoms with Crippen LogP contribution in [0.3, 0.4) is 0 Å². The van der Waals surface area contributed by atoms with Crippen LogP contribution in [-0.2, 0) is 5.41 Å². The zero-order chi connectivity index (χ0) is 22.7. The Bertz CT molecular complexity index is 1660. The molecule has 3 aromatic heterocycles. The highest BCUT2D eigenvalue weighted by atomic mass is 16.3. The summed E-state index contributed by atoms with van der Waals surface area (Å²) in [4.78, 5) is 4.76. The Kier molecular flexibility index (Phi) is 4.25. The fourth-order valence-electron chi connectivity index (χ4n) is 4.69. The maximum Gasteiger partial charge on any atom is 0.161 e. The molecule has 0 atom stereocenters. The maximum absolute atomic E-state index is 6.43. The molecule has 162 valence electrons. The third kappa shape index (κ3) is 3.23. The van der Waals surface area contributed by atoms with Gasteiger partial charge in [0.15, 0.2) is 5.58 Å². The molecule has 3 aromatic carbocycles. The van der Waals surface area contributed by atoms with Gasteiger partial charge in [-0.25, -0.2) is 0 Å². The van der Waals surface area contributed by atoms with Crippen LogP contribution < -0.4 is 0 Å². The van der Waals surface area contributed by atoms with Crippen LogP contribution in [0.25, 0.3) is 55.3 Å². The maximum atomic E-state index is 6.43. The predicted molar refractivity (Wildman–Crippen MR) is 136 cm³/mol. The van der Waals surface area contributed by atoms with E-state index in [0.717, 1.165) is 50.1 Å². The van der Waals surface area contributed by atoms with E-state index in [1.165, 1.54) is 16.3 Å². The van der Waals surface area contributed by atoms with Crippen molar-refractivity contribution in [1.82, 2.24) is 4.98 Å². The van der Waals surface area contributed by atoms with Crippen LogP contribution >= 0.6 is 0 Å². The second kappa shape index (κ2) is 7.08. The van der Waals surface area contributed by atoms with Crippen molar-refractivity contribution in [2.75, 3.05) is 0 Å². The van der Waals surface area contributed by atoms with E-state index < -0.39 is 0 Å². The number of furan rings is 2. The van der Waals surface area contributed by atoms with Crippen LogP contribution in [-0.4, -0.2) is 4.98 Å². The molecule has 0 N–H and O–H groups in total. The van der Waals surface area contributed by atoms with E-state index in [0.29, 0.717) is 0 Å². The van der Waals surface area contributed by atoms with Gasteiger partial charge >= 0.3 is 0 Å². The first-order chi connectivity index (χ1) is 15.9. The van der Waals surface area contributed by atoms with Crippen LogP contribution in [0, 0.1) is 6.92 Å². The van der Waals surface area contributed by atoms with Crippen LogP contribution in [0.4, 0.5) is 0 Å². The highest BCUT2D eigenvalue weighted by molar-refractivity contribution is 5.97. The van der Waals surface area contributed by atoms with Gasteiger partial charge < -0.3 is 8.83 Å². The van der Waals surface area contributed by atoms with Crippen LogP contribution in [0.1, 0.15) is 31.9 Å². The Labute approximate surface area is 192 Å². The van der Waals surface area contributed by atoms with E-state index in [2.05, 4.69) is 82.3 Å². The molecule has 0 saturated carbocycles. The molecule has 0 aliphatic carbocycles. The normalized spacial score (nSPS) is 12.2. The van der Waals surface area contributed by atoms with Gasteiger partial charge in [-0.05, 0) is 64.6 Å². The van der Waals surface area contributed by atoms with E-state index in [1.54, 1.807) is 6.26 Å². The van der Waals surface area contributed by atoms with Gasteiger partial charge in [0, 0.05) is 28.1 Å². The SMILES string of the molecule is Cc1coc2cc(-c3cc4ccnc(-c5cc(C(C)(C)C)c6ccccc6c5)c4o3)ccc12. The lowest BCUT2D eigenvalue weighted by atomic mass is 9.82. The van der Waals surface area contributed by atoms with E-state index in [4.69, 9.17) is 13.8 Å². The molecule has 3 nitrogen and oxygen atoms in total. The van der Waals surface area contributed by atoms with Gasteiger partial charge in [0.1, 0.15) is 17.0 Å². The quantitative estimate of drug-likeness (QED) is 0.275. The molecule has 0 fully saturated rings. The Morgan fingerprint density at radius 2 is 1.64 bits per heavy atom. The standard InChI is InChI=1S/C30H25NO2/c1-18-17-32-27-15-20(9-10-23(18)27)26-16-21-11-12-31-28(29(21)33-26)22-13-19-7-5-6-8-24(19)25(14-22)30(2,3)4/h5-17H,1-4H3. The molecule has 33 heavy (non-hydrogen) atoms. The average Bonchev–Trinajstić information content (AvgIpc) is 3.41. The van der Waals surface area contributed by atoms with Gasteiger partial charge in [-0.3, -0.25) is 4.98 Å². The molecule has 0 radical (unpaired) electrons. The van der Waals surface area contributed by atoms with Crippen LogP contribution in [0.2, 0.25) is 0 Å². The fourth-order valence-corrected chi connectivity index (χ4v) is 4.69. The zero-order valence-electron chi connectivity index (χ0n) is 19.3. The molecular weight excluding hydrogens is 406 g/mol. The Morgan fingerprint density at radius 1 is 0.788 bits per heavy atom. The minimum absolute atomic E-state index is 0.00835. The molecule has 3 heterocycles. The third-order valence-corrected chi connectivity index (χ3v) is 6.43. The Balaban J connectivity index is 1.55. The Hall–Kier alpha value is -3.85. The molecule has 0 aliphatic rings. The summed E-state index contributed by atoms with van der Waals surface area (Å²) < 4.78 is 12.1. The fraction of sp³-hybridized carbons (Fsp3) is 0.167. The van der Waals surface area contributed by atoms with Gasteiger partial charge in [0.25, 0.3) is 0 Å². The zero-order valence-corrected chi connectivity index (χ0v) is 19.3. The molecule has 0 spiro atoms. The first-order valence-electron chi connectivity index (χ1n) is 11.3. The van der Waals surface area contributed by atoms with Gasteiger partial charge in [-0.1, -0.05) is 57.2 Å². The van der Waals surface area contributed by atoms with Crippen molar-refractivity contribution >= 4 is 32.7 Å². The molecule has 0 amide bonds. The highest BCUT2D eigenvalue weighted by Crippen LogP contribution is 2.38. The first-order valence-corrected chi connectivity index (χ1v) is 11.3. The second-order valence-corrected chi connectivity index (χ2v) is 9.81. The molecule has 0 unspecified atom stereocenters. The lowest BCUT2D eigenvalue weighted by Gasteiger charge is -2.22. The first kappa shape index (κ1) is 19.8. The predicted octanol–water partition coefficient (Wildman–Crippen LogP) is 8.67. The largest absolute Gasteiger partial charge is 0.464 e. The van der Waals surface area contributed by atoms with Crippen LogP contribution in [0.15, 0.2) is 88.0 Å². The molecule has 0 saturated heterocycles. The van der Waals surface area contributed by atoms with Gasteiger partial charge in [-0.2, -0.15) is 0 Å². The lowest BCUT2D eigenvalue weighted by Crippen LogP contribution is -2.12. The number of benzene rings is 3. The smallest absolute Gasteiger partial charge is 0.161 e. The van der Waals surface area contributed by atoms with Crippen molar-refractivity contribution in [3.63, 3.8) is 0 Å². The summed E-state index contributed by atoms with van der Waals surface area (Å²) in [6.45, 7) is 8.82. The summed E-state index contributed by atoms with van der Waals surface area (Å²) in [6.07, 6.45) is 3.66. The topological polar surface area (TPSA) is 39.2 Å². The van der Waals surface area contributed by atoms with Gasteiger partial charge in [0.2, 0.25) is 0 Å². The second-order valence-electron chi connectivity index (χ2n) is 9.81. The summed E-state index contributed by atoms with van der Waals surface area (Å²) in [6, 6.07) is 23.4. The summed E-state index contributed by atoms with van der Waals surface area (Å²) in [5.74, 6) is 0.812. The third-order valence-electron chi connectivity index (χ3n) is 6.43. The van der Waals surface area contributed by atoms with Crippen molar-refractivity contribution in [3.8, 4) is 22.6 Å². The van der Waals surface area contributed by atoms with Crippen molar-refractivity contribution in [3.05, 3.63) is 90.3 Å². The van der Waals surface area contributed by atoms with Gasteiger partial charge in [0.05, 0.1) is 6.26 Å². The van der Waals surface area contributed by atoms with Crippen molar-refractivity contribution < 1.29 is 8.83 Å². The number of fused-ring (bicyclic) bond motifs is 3. The molecule has 3 heteroatoms. The Morgan fingerprint density at radius 3 is 2.48 bits per heavy atom. The van der Waals surface area contributed by atoms with Gasteiger partial charge in [-0.15, -0.1) is 0 Å². The number of aromatic nitrogens is 1. The highest BCUT2D eigenvalue weighted by Gasteiger charge is 2.20. The van der Waals surface area contributed by atoms with Crippen LogP contribution in [0.5, 0.6) is 0 Å². The van der Waals surface area contributed by atoms with E-state index >= 15 is 0 Å². The monoisotopic (exact) mass is 431 g/mol. The lowest BCUT2D eigenvalue weighted by molar-refractivity contribution is 0.596. The molecule has 0 aliphatic heterocycles. The van der Waals surface area contributed by atoms with E-state index in [1.807, 2.05) is 18.3 Å². The summed E-state index contributed by atoms with van der Waals surface area (Å²) in [5.41, 5.74) is 7.05. The van der Waals surface area contributed by atoms with Crippen molar-refractivity contribution in [2.24, 2.45) is 0 Å². The number of nitrogens with zero attached hydrogens (tertiary/aromatic N) is 1. The molecule has 6 aromatic rings.